The number of nitrogens with two attached hydrogens (primary N) is 1. The van der Waals surface area contributed by atoms with Gasteiger partial charge in [0.2, 0.25) is 0 Å². The topological polar surface area (TPSA) is 29.3 Å². The lowest BCUT2D eigenvalue weighted by Crippen LogP contribution is -2.39. The normalized spacial score (nSPS) is 17.8. The maximum absolute atomic E-state index is 5.98. The first-order valence-corrected chi connectivity index (χ1v) is 7.71. The first-order chi connectivity index (χ1) is 9.22. The van der Waals surface area contributed by atoms with Gasteiger partial charge in [-0.15, -0.1) is 0 Å². The van der Waals surface area contributed by atoms with Gasteiger partial charge in [-0.25, -0.2) is 0 Å². The minimum Gasteiger partial charge on any atom is -0.393 e. The SMILES string of the molecule is CCN(CC(C(N)=S)c1ccccc1)C1CCCC1. The highest BCUT2D eigenvalue weighted by atomic mass is 32.1. The van der Waals surface area contributed by atoms with Crippen LogP contribution >= 0.6 is 12.2 Å². The zero-order valence-corrected chi connectivity index (χ0v) is 12.5. The highest BCUT2D eigenvalue weighted by Gasteiger charge is 2.25. The second kappa shape index (κ2) is 7.01. The van der Waals surface area contributed by atoms with E-state index < -0.39 is 0 Å². The molecule has 0 amide bonds. The van der Waals surface area contributed by atoms with E-state index in [-0.39, 0.29) is 5.92 Å². The quantitative estimate of drug-likeness (QED) is 0.808. The molecule has 0 heterocycles. The zero-order valence-electron chi connectivity index (χ0n) is 11.7. The molecule has 19 heavy (non-hydrogen) atoms. The van der Waals surface area contributed by atoms with Gasteiger partial charge >= 0.3 is 0 Å². The summed E-state index contributed by atoms with van der Waals surface area (Å²) < 4.78 is 0. The number of hydrogen-bond acceptors (Lipinski definition) is 2. The summed E-state index contributed by atoms with van der Waals surface area (Å²) in [5.41, 5.74) is 7.22. The van der Waals surface area contributed by atoms with Crippen LogP contribution in [0.3, 0.4) is 0 Å². The Labute approximate surface area is 122 Å². The van der Waals surface area contributed by atoms with E-state index in [4.69, 9.17) is 18.0 Å². The fourth-order valence-corrected chi connectivity index (χ4v) is 3.30. The molecule has 0 aliphatic heterocycles. The minimum absolute atomic E-state index is 0.178. The number of rotatable bonds is 6. The van der Waals surface area contributed by atoms with Gasteiger partial charge in [0.25, 0.3) is 0 Å². The van der Waals surface area contributed by atoms with Gasteiger partial charge < -0.3 is 5.73 Å². The van der Waals surface area contributed by atoms with Crippen LogP contribution in [-0.2, 0) is 0 Å². The van der Waals surface area contributed by atoms with Crippen LogP contribution in [0.15, 0.2) is 30.3 Å². The van der Waals surface area contributed by atoms with Crippen molar-refractivity contribution in [1.82, 2.24) is 4.90 Å². The van der Waals surface area contributed by atoms with E-state index in [1.807, 2.05) is 6.07 Å². The smallest absolute Gasteiger partial charge is 0.0816 e. The summed E-state index contributed by atoms with van der Waals surface area (Å²) in [5.74, 6) is 0.178. The molecule has 1 aliphatic rings. The first kappa shape index (κ1) is 14.5. The Balaban J connectivity index is 2.09. The van der Waals surface area contributed by atoms with E-state index in [1.165, 1.54) is 31.2 Å². The Hall–Kier alpha value is -0.930. The molecular formula is C16H24N2S. The van der Waals surface area contributed by atoms with Crippen LogP contribution in [0.25, 0.3) is 0 Å². The van der Waals surface area contributed by atoms with Crippen LogP contribution in [0.5, 0.6) is 0 Å². The van der Waals surface area contributed by atoms with E-state index in [0.717, 1.165) is 19.1 Å². The molecule has 104 valence electrons. The van der Waals surface area contributed by atoms with Crippen molar-refractivity contribution in [3.63, 3.8) is 0 Å². The second-order valence-electron chi connectivity index (χ2n) is 5.39. The third kappa shape index (κ3) is 3.77. The Kier molecular flexibility index (Phi) is 5.34. The Morgan fingerprint density at radius 1 is 1.32 bits per heavy atom. The van der Waals surface area contributed by atoms with Crippen LogP contribution in [0.2, 0.25) is 0 Å². The third-order valence-corrected chi connectivity index (χ3v) is 4.49. The molecule has 1 fully saturated rings. The molecule has 2 nitrogen and oxygen atoms in total. The highest BCUT2D eigenvalue weighted by molar-refractivity contribution is 7.80. The summed E-state index contributed by atoms with van der Waals surface area (Å²) >= 11 is 5.29. The predicted molar refractivity (Wildman–Crippen MR) is 85.5 cm³/mol. The Morgan fingerprint density at radius 3 is 2.47 bits per heavy atom. The van der Waals surface area contributed by atoms with Gasteiger partial charge in [-0.2, -0.15) is 0 Å². The van der Waals surface area contributed by atoms with Crippen molar-refractivity contribution in [3.8, 4) is 0 Å². The van der Waals surface area contributed by atoms with Gasteiger partial charge in [0.1, 0.15) is 0 Å². The summed E-state index contributed by atoms with van der Waals surface area (Å²) in [6.45, 7) is 4.27. The molecule has 0 aromatic heterocycles. The van der Waals surface area contributed by atoms with Crippen LogP contribution in [0.1, 0.15) is 44.1 Å². The summed E-state index contributed by atoms with van der Waals surface area (Å²) in [6.07, 6.45) is 5.38. The predicted octanol–water partition coefficient (Wildman–Crippen LogP) is 3.32. The first-order valence-electron chi connectivity index (χ1n) is 7.30. The molecule has 1 aromatic rings. The fraction of sp³-hybridized carbons (Fsp3) is 0.562. The Morgan fingerprint density at radius 2 is 1.95 bits per heavy atom. The maximum Gasteiger partial charge on any atom is 0.0816 e. The largest absolute Gasteiger partial charge is 0.393 e. The van der Waals surface area contributed by atoms with Crippen molar-refractivity contribution in [1.29, 1.82) is 0 Å². The third-order valence-electron chi connectivity index (χ3n) is 4.21. The number of thiocarbonyl (C=S) groups is 1. The molecule has 2 rings (SSSR count). The molecule has 0 spiro atoms. The molecule has 3 heteroatoms. The van der Waals surface area contributed by atoms with Gasteiger partial charge in [-0.05, 0) is 24.9 Å². The van der Waals surface area contributed by atoms with Gasteiger partial charge in [-0.3, -0.25) is 4.90 Å². The van der Waals surface area contributed by atoms with Crippen molar-refractivity contribution in [3.05, 3.63) is 35.9 Å². The number of hydrogen-bond donors (Lipinski definition) is 1. The van der Waals surface area contributed by atoms with Crippen LogP contribution in [0.4, 0.5) is 0 Å². The van der Waals surface area contributed by atoms with Crippen LogP contribution < -0.4 is 5.73 Å². The summed E-state index contributed by atoms with van der Waals surface area (Å²) in [5, 5.41) is 0. The second-order valence-corrected chi connectivity index (χ2v) is 5.86. The van der Waals surface area contributed by atoms with Crippen molar-refractivity contribution in [2.75, 3.05) is 13.1 Å². The molecule has 2 N–H and O–H groups in total. The van der Waals surface area contributed by atoms with Crippen molar-refractivity contribution in [2.24, 2.45) is 5.73 Å². The summed E-state index contributed by atoms with van der Waals surface area (Å²) in [4.78, 5) is 3.17. The standard InChI is InChI=1S/C16H24N2S/c1-2-18(14-10-6-7-11-14)12-15(16(17)19)13-8-4-3-5-9-13/h3-5,8-9,14-15H,2,6-7,10-12H2,1H3,(H2,17,19). The monoisotopic (exact) mass is 276 g/mol. The van der Waals surface area contributed by atoms with E-state index >= 15 is 0 Å². The fourth-order valence-electron chi connectivity index (χ4n) is 3.09. The molecule has 1 aliphatic carbocycles. The number of likely N-dealkylation sites (N-methyl/N-ethyl adjacent to an activating group) is 1. The van der Waals surface area contributed by atoms with E-state index in [9.17, 15) is 0 Å². The lowest BCUT2D eigenvalue weighted by atomic mass is 9.97. The van der Waals surface area contributed by atoms with E-state index in [0.29, 0.717) is 4.99 Å². The van der Waals surface area contributed by atoms with E-state index in [1.54, 1.807) is 0 Å². The zero-order chi connectivity index (χ0) is 13.7. The molecule has 0 bridgehead atoms. The highest BCUT2D eigenvalue weighted by Crippen LogP contribution is 2.26. The summed E-state index contributed by atoms with van der Waals surface area (Å²) in [7, 11) is 0. The van der Waals surface area contributed by atoms with Gasteiger partial charge in [-0.1, -0.05) is 62.3 Å². The Bertz CT molecular complexity index is 398. The van der Waals surface area contributed by atoms with Gasteiger partial charge in [0.05, 0.1) is 4.99 Å². The maximum atomic E-state index is 5.98. The van der Waals surface area contributed by atoms with E-state index in [2.05, 4.69) is 36.1 Å². The van der Waals surface area contributed by atoms with Crippen molar-refractivity contribution in [2.45, 2.75) is 44.6 Å². The summed E-state index contributed by atoms with van der Waals surface area (Å²) in [6, 6.07) is 11.2. The lowest BCUT2D eigenvalue weighted by molar-refractivity contribution is 0.207. The minimum atomic E-state index is 0.178. The number of benzene rings is 1. The molecule has 0 radical (unpaired) electrons. The van der Waals surface area contributed by atoms with Crippen molar-refractivity contribution >= 4 is 17.2 Å². The van der Waals surface area contributed by atoms with Crippen LogP contribution in [0, 0.1) is 0 Å². The lowest BCUT2D eigenvalue weighted by Gasteiger charge is -2.31. The average molecular weight is 276 g/mol. The number of nitrogens with zero attached hydrogens (tertiary/aromatic N) is 1. The average Bonchev–Trinajstić information content (AvgIpc) is 2.94. The molecule has 0 saturated heterocycles. The molecular weight excluding hydrogens is 252 g/mol. The van der Waals surface area contributed by atoms with Gasteiger partial charge in [0.15, 0.2) is 0 Å². The van der Waals surface area contributed by atoms with Gasteiger partial charge in [0, 0.05) is 18.5 Å². The molecule has 1 atom stereocenters. The van der Waals surface area contributed by atoms with Crippen LogP contribution in [-0.4, -0.2) is 29.0 Å². The molecule has 1 unspecified atom stereocenters. The van der Waals surface area contributed by atoms with Crippen molar-refractivity contribution < 1.29 is 0 Å². The molecule has 1 aromatic carbocycles. The molecule has 1 saturated carbocycles.